The van der Waals surface area contributed by atoms with Gasteiger partial charge in [-0.05, 0) is 35.9 Å². The first kappa shape index (κ1) is 18.2. The predicted molar refractivity (Wildman–Crippen MR) is 108 cm³/mol. The van der Waals surface area contributed by atoms with Crippen molar-refractivity contribution in [3.63, 3.8) is 0 Å². The monoisotopic (exact) mass is 384 g/mol. The number of rotatable bonds is 4. The maximum Gasteiger partial charge on any atom is 0.420 e. The zero-order valence-corrected chi connectivity index (χ0v) is 15.6. The molecule has 2 heterocycles. The second-order valence-corrected chi connectivity index (χ2v) is 6.50. The molecule has 142 valence electrons. The van der Waals surface area contributed by atoms with Gasteiger partial charge in [0.25, 0.3) is 0 Å². The molecular formula is C22H16N4O3. The van der Waals surface area contributed by atoms with Crippen molar-refractivity contribution < 1.29 is 9.21 Å². The summed E-state index contributed by atoms with van der Waals surface area (Å²) in [4.78, 5) is 30.6. The van der Waals surface area contributed by atoms with Gasteiger partial charge in [-0.3, -0.25) is 14.3 Å². The molecule has 7 nitrogen and oxygen atoms in total. The molecular weight excluding hydrogens is 368 g/mol. The number of nitrogens with zero attached hydrogens (tertiary/aromatic N) is 4. The molecule has 2 aromatic carbocycles. The molecule has 0 atom stereocenters. The molecule has 0 aliphatic carbocycles. The first-order valence-electron chi connectivity index (χ1n) is 8.87. The Kier molecular flexibility index (Phi) is 4.67. The Morgan fingerprint density at radius 3 is 2.69 bits per heavy atom. The Morgan fingerprint density at radius 2 is 1.93 bits per heavy atom. The van der Waals surface area contributed by atoms with Crippen LogP contribution in [0, 0.1) is 11.3 Å². The lowest BCUT2D eigenvalue weighted by Gasteiger charge is -2.17. The predicted octanol–water partition coefficient (Wildman–Crippen LogP) is 3.19. The molecule has 2 aromatic heterocycles. The van der Waals surface area contributed by atoms with Gasteiger partial charge in [0.15, 0.2) is 5.58 Å². The van der Waals surface area contributed by atoms with E-state index in [-0.39, 0.29) is 12.5 Å². The summed E-state index contributed by atoms with van der Waals surface area (Å²) in [5.74, 6) is -0.851. The second kappa shape index (κ2) is 7.44. The summed E-state index contributed by atoms with van der Waals surface area (Å²) < 4.78 is 6.60. The molecule has 0 spiro atoms. The van der Waals surface area contributed by atoms with Crippen molar-refractivity contribution in [2.24, 2.45) is 0 Å². The molecule has 29 heavy (non-hydrogen) atoms. The third kappa shape index (κ3) is 3.51. The van der Waals surface area contributed by atoms with Crippen LogP contribution in [0.3, 0.4) is 0 Å². The van der Waals surface area contributed by atoms with Crippen LogP contribution < -0.4 is 10.7 Å². The topological polar surface area (TPSA) is 92.1 Å². The molecule has 0 bridgehead atoms. The highest BCUT2D eigenvalue weighted by Crippen LogP contribution is 2.24. The van der Waals surface area contributed by atoms with E-state index in [0.717, 1.165) is 16.8 Å². The molecule has 0 saturated heterocycles. The number of hydrogen-bond donors (Lipinski definition) is 0. The summed E-state index contributed by atoms with van der Waals surface area (Å²) in [6.45, 7) is -0.156. The van der Waals surface area contributed by atoms with Crippen LogP contribution in [0.25, 0.3) is 22.2 Å². The molecule has 0 saturated carbocycles. The number of oxazole rings is 1. The fraction of sp³-hybridized carbons (Fsp3) is 0.0909. The first-order chi connectivity index (χ1) is 14.1. The van der Waals surface area contributed by atoms with Crippen molar-refractivity contribution in [1.29, 1.82) is 5.26 Å². The van der Waals surface area contributed by atoms with Gasteiger partial charge in [0.1, 0.15) is 12.6 Å². The molecule has 4 aromatic rings. The van der Waals surface area contributed by atoms with Crippen molar-refractivity contribution in [2.45, 2.75) is 6.54 Å². The highest BCUT2D eigenvalue weighted by molar-refractivity contribution is 5.93. The van der Waals surface area contributed by atoms with E-state index < -0.39 is 5.76 Å². The van der Waals surface area contributed by atoms with Gasteiger partial charge in [0.2, 0.25) is 5.91 Å². The van der Waals surface area contributed by atoms with Gasteiger partial charge in [-0.1, -0.05) is 24.3 Å². The highest BCUT2D eigenvalue weighted by Gasteiger charge is 2.17. The Hall–Kier alpha value is -4.18. The van der Waals surface area contributed by atoms with E-state index in [0.29, 0.717) is 16.7 Å². The molecule has 0 aliphatic heterocycles. The van der Waals surface area contributed by atoms with Gasteiger partial charge in [0, 0.05) is 30.7 Å². The van der Waals surface area contributed by atoms with Crippen LogP contribution in [0.1, 0.15) is 5.56 Å². The largest absolute Gasteiger partial charge is 0.420 e. The molecule has 0 aliphatic rings. The molecule has 7 heteroatoms. The lowest BCUT2D eigenvalue weighted by Crippen LogP contribution is -2.32. The lowest BCUT2D eigenvalue weighted by atomic mass is 10.1. The molecule has 1 amide bonds. The number of carbonyl (C=O) groups is 1. The summed E-state index contributed by atoms with van der Waals surface area (Å²) in [7, 11) is 1.66. The van der Waals surface area contributed by atoms with Crippen molar-refractivity contribution in [3.05, 3.63) is 83.1 Å². The van der Waals surface area contributed by atoms with E-state index in [1.54, 1.807) is 37.5 Å². The maximum atomic E-state index is 12.7. The number of fused-ring (bicyclic) bond motifs is 1. The van der Waals surface area contributed by atoms with Crippen LogP contribution in [0.15, 0.2) is 76.2 Å². The number of amides is 1. The quantitative estimate of drug-likeness (QED) is 0.539. The van der Waals surface area contributed by atoms with Gasteiger partial charge in [-0.2, -0.15) is 5.26 Å². The van der Waals surface area contributed by atoms with E-state index in [2.05, 4.69) is 11.1 Å². The molecule has 0 radical (unpaired) electrons. The fourth-order valence-corrected chi connectivity index (χ4v) is 3.09. The number of likely N-dealkylation sites (N-methyl/N-ethyl adjacent to an activating group) is 1. The Labute approximate surface area is 166 Å². The van der Waals surface area contributed by atoms with Crippen LogP contribution in [0.5, 0.6) is 0 Å². The van der Waals surface area contributed by atoms with Crippen molar-refractivity contribution in [3.8, 4) is 17.2 Å². The van der Waals surface area contributed by atoms with Crippen molar-refractivity contribution in [2.75, 3.05) is 11.9 Å². The number of carbonyl (C=O) groups excluding carboxylic acids is 1. The SMILES string of the molecule is CN(C(=O)Cn1c(=O)oc2ccc(-c3cncc(C#N)c3)cc21)c1ccccc1. The Bertz CT molecular complexity index is 1300. The van der Waals surface area contributed by atoms with Crippen LogP contribution in [0.2, 0.25) is 0 Å². The molecule has 4 rings (SSSR count). The van der Waals surface area contributed by atoms with Crippen LogP contribution in [-0.4, -0.2) is 22.5 Å². The minimum atomic E-state index is -0.601. The number of para-hydroxylation sites is 1. The van der Waals surface area contributed by atoms with Gasteiger partial charge in [-0.15, -0.1) is 0 Å². The summed E-state index contributed by atoms with van der Waals surface area (Å²) in [5, 5.41) is 9.08. The number of anilines is 1. The molecule has 0 fully saturated rings. The number of nitriles is 1. The zero-order chi connectivity index (χ0) is 20.4. The van der Waals surface area contributed by atoms with Crippen molar-refractivity contribution >= 4 is 22.7 Å². The zero-order valence-electron chi connectivity index (χ0n) is 15.6. The number of aromatic nitrogens is 2. The summed E-state index contributed by atoms with van der Waals surface area (Å²) in [5.41, 5.74) is 3.56. The van der Waals surface area contributed by atoms with Crippen LogP contribution in [0.4, 0.5) is 5.69 Å². The smallest absolute Gasteiger partial charge is 0.408 e. The van der Waals surface area contributed by atoms with Gasteiger partial charge < -0.3 is 9.32 Å². The molecule has 0 N–H and O–H groups in total. The first-order valence-corrected chi connectivity index (χ1v) is 8.87. The Balaban J connectivity index is 1.71. The average molecular weight is 384 g/mol. The second-order valence-electron chi connectivity index (χ2n) is 6.50. The van der Waals surface area contributed by atoms with Crippen LogP contribution >= 0.6 is 0 Å². The van der Waals surface area contributed by atoms with Gasteiger partial charge in [0.05, 0.1) is 11.1 Å². The van der Waals surface area contributed by atoms with Gasteiger partial charge in [-0.25, -0.2) is 4.79 Å². The number of hydrogen-bond acceptors (Lipinski definition) is 5. The summed E-state index contributed by atoms with van der Waals surface area (Å²) in [6.07, 6.45) is 3.12. The third-order valence-corrected chi connectivity index (χ3v) is 4.68. The summed E-state index contributed by atoms with van der Waals surface area (Å²) in [6, 6.07) is 18.2. The van der Waals surface area contributed by atoms with Gasteiger partial charge >= 0.3 is 5.76 Å². The maximum absolute atomic E-state index is 12.7. The summed E-state index contributed by atoms with van der Waals surface area (Å²) >= 11 is 0. The standard InChI is InChI=1S/C22H16N4O3/c1-25(18-5-3-2-4-6-18)21(27)14-26-19-10-16(7-8-20(19)29-22(26)28)17-9-15(11-23)12-24-13-17/h2-10,12-13H,14H2,1H3. The van der Waals surface area contributed by atoms with Crippen LogP contribution in [-0.2, 0) is 11.3 Å². The fourth-order valence-electron chi connectivity index (χ4n) is 3.09. The minimum absolute atomic E-state index is 0.156. The van der Waals surface area contributed by atoms with E-state index >= 15 is 0 Å². The third-order valence-electron chi connectivity index (χ3n) is 4.68. The van der Waals surface area contributed by atoms with E-state index in [1.807, 2.05) is 30.3 Å². The Morgan fingerprint density at radius 1 is 1.14 bits per heavy atom. The number of benzene rings is 2. The van der Waals surface area contributed by atoms with E-state index in [9.17, 15) is 9.59 Å². The lowest BCUT2D eigenvalue weighted by molar-refractivity contribution is -0.118. The minimum Gasteiger partial charge on any atom is -0.408 e. The van der Waals surface area contributed by atoms with E-state index in [4.69, 9.17) is 9.68 Å². The van der Waals surface area contributed by atoms with Crippen molar-refractivity contribution in [1.82, 2.24) is 9.55 Å². The average Bonchev–Trinajstić information content (AvgIpc) is 3.08. The van der Waals surface area contributed by atoms with E-state index in [1.165, 1.54) is 15.7 Å². The molecule has 0 unspecified atom stereocenters. The highest BCUT2D eigenvalue weighted by atomic mass is 16.4. The number of pyridine rings is 1. The normalized spacial score (nSPS) is 10.6.